The summed E-state index contributed by atoms with van der Waals surface area (Å²) in [5.74, 6) is -0.531. The van der Waals surface area contributed by atoms with Gasteiger partial charge in [0.1, 0.15) is 6.61 Å². The fourth-order valence-corrected chi connectivity index (χ4v) is 2.20. The number of carbonyl (C=O) groups is 2. The van der Waals surface area contributed by atoms with E-state index in [-0.39, 0.29) is 18.9 Å². The standard InChI is InChI=1S/C19H29NO5/c1-3-15(2)12-24-13-17(11-18(21)22)9-10-20-19(23)25-14-16-7-5-4-6-8-16/h4-8,15,17H,3,9-14H2,1-2H3,(H,20,23)(H,21,22)/t15-,17-/m0/s1. The van der Waals surface area contributed by atoms with Crippen molar-refractivity contribution in [2.75, 3.05) is 19.8 Å². The summed E-state index contributed by atoms with van der Waals surface area (Å²) in [6, 6.07) is 9.42. The van der Waals surface area contributed by atoms with E-state index in [1.54, 1.807) is 0 Å². The smallest absolute Gasteiger partial charge is 0.407 e. The van der Waals surface area contributed by atoms with Crippen LogP contribution in [-0.4, -0.2) is 36.9 Å². The van der Waals surface area contributed by atoms with Crippen molar-refractivity contribution in [1.29, 1.82) is 0 Å². The third-order valence-corrected chi connectivity index (χ3v) is 3.95. The minimum atomic E-state index is -0.858. The van der Waals surface area contributed by atoms with Crippen LogP contribution in [0.5, 0.6) is 0 Å². The van der Waals surface area contributed by atoms with Crippen molar-refractivity contribution in [1.82, 2.24) is 5.32 Å². The molecule has 1 amide bonds. The first-order chi connectivity index (χ1) is 12.0. The summed E-state index contributed by atoms with van der Waals surface area (Å²) in [7, 11) is 0. The zero-order valence-electron chi connectivity index (χ0n) is 15.1. The van der Waals surface area contributed by atoms with Crippen LogP contribution >= 0.6 is 0 Å². The Morgan fingerprint density at radius 3 is 2.56 bits per heavy atom. The van der Waals surface area contributed by atoms with Crippen molar-refractivity contribution in [2.45, 2.75) is 39.7 Å². The Hall–Kier alpha value is -2.08. The SMILES string of the molecule is CC[C@H](C)COC[C@@H](CCNC(=O)OCc1ccccc1)CC(=O)O. The van der Waals surface area contributed by atoms with Crippen LogP contribution in [-0.2, 0) is 20.9 Å². The maximum absolute atomic E-state index is 11.7. The summed E-state index contributed by atoms with van der Waals surface area (Å²) in [5.41, 5.74) is 0.917. The Morgan fingerprint density at radius 1 is 1.20 bits per heavy atom. The summed E-state index contributed by atoms with van der Waals surface area (Å²) in [6.07, 6.45) is 1.09. The summed E-state index contributed by atoms with van der Waals surface area (Å²) in [4.78, 5) is 22.6. The molecule has 0 saturated carbocycles. The van der Waals surface area contributed by atoms with E-state index in [0.717, 1.165) is 12.0 Å². The summed E-state index contributed by atoms with van der Waals surface area (Å²) in [5, 5.41) is 11.6. The number of hydrogen-bond donors (Lipinski definition) is 2. The van der Waals surface area contributed by atoms with Crippen LogP contribution < -0.4 is 5.32 Å². The molecular formula is C19H29NO5. The minimum absolute atomic E-state index is 0.0290. The monoisotopic (exact) mass is 351 g/mol. The highest BCUT2D eigenvalue weighted by atomic mass is 16.5. The van der Waals surface area contributed by atoms with Crippen molar-refractivity contribution < 1.29 is 24.2 Å². The molecule has 0 aliphatic carbocycles. The molecule has 0 bridgehead atoms. The maximum atomic E-state index is 11.7. The second-order valence-electron chi connectivity index (χ2n) is 6.29. The van der Waals surface area contributed by atoms with Gasteiger partial charge in [-0.1, -0.05) is 50.6 Å². The molecule has 0 unspecified atom stereocenters. The lowest BCUT2D eigenvalue weighted by atomic mass is 10.0. The van der Waals surface area contributed by atoms with Crippen molar-refractivity contribution in [3.8, 4) is 0 Å². The predicted octanol–water partition coefficient (Wildman–Crippen LogP) is 3.46. The Balaban J connectivity index is 2.25. The number of nitrogens with one attached hydrogen (secondary N) is 1. The number of amides is 1. The van der Waals surface area contributed by atoms with E-state index in [2.05, 4.69) is 19.2 Å². The van der Waals surface area contributed by atoms with Gasteiger partial charge in [-0.2, -0.15) is 0 Å². The topological polar surface area (TPSA) is 84.9 Å². The molecule has 1 rings (SSSR count). The van der Waals surface area contributed by atoms with Crippen LogP contribution in [0.3, 0.4) is 0 Å². The molecule has 1 aromatic rings. The Morgan fingerprint density at radius 2 is 1.92 bits per heavy atom. The zero-order valence-corrected chi connectivity index (χ0v) is 15.1. The molecule has 0 spiro atoms. The highest BCUT2D eigenvalue weighted by molar-refractivity contribution is 5.67. The van der Waals surface area contributed by atoms with Crippen molar-refractivity contribution >= 4 is 12.1 Å². The van der Waals surface area contributed by atoms with Crippen LogP contribution in [0.2, 0.25) is 0 Å². The molecule has 0 saturated heterocycles. The second kappa shape index (κ2) is 12.3. The van der Waals surface area contributed by atoms with Gasteiger partial charge < -0.3 is 19.9 Å². The van der Waals surface area contributed by atoms with E-state index in [0.29, 0.717) is 32.1 Å². The van der Waals surface area contributed by atoms with Crippen LogP contribution in [0.25, 0.3) is 0 Å². The lowest BCUT2D eigenvalue weighted by molar-refractivity contribution is -0.138. The van der Waals surface area contributed by atoms with Crippen LogP contribution in [0.4, 0.5) is 4.79 Å². The van der Waals surface area contributed by atoms with Crippen molar-refractivity contribution in [2.24, 2.45) is 11.8 Å². The molecular weight excluding hydrogens is 322 g/mol. The molecule has 1 aromatic carbocycles. The van der Waals surface area contributed by atoms with Crippen molar-refractivity contribution in [3.63, 3.8) is 0 Å². The number of hydrogen-bond acceptors (Lipinski definition) is 4. The van der Waals surface area contributed by atoms with E-state index in [1.807, 2.05) is 30.3 Å². The number of alkyl carbamates (subject to hydrolysis) is 1. The molecule has 25 heavy (non-hydrogen) atoms. The van der Waals surface area contributed by atoms with Crippen molar-refractivity contribution in [3.05, 3.63) is 35.9 Å². The van der Waals surface area contributed by atoms with E-state index in [1.165, 1.54) is 0 Å². The number of carboxylic acids is 1. The lowest BCUT2D eigenvalue weighted by Gasteiger charge is -2.17. The van der Waals surface area contributed by atoms with Gasteiger partial charge in [0.15, 0.2) is 0 Å². The largest absolute Gasteiger partial charge is 0.481 e. The first kappa shape index (κ1) is 21.0. The summed E-state index contributed by atoms with van der Waals surface area (Å²) >= 11 is 0. The van der Waals surface area contributed by atoms with Gasteiger partial charge in [0.05, 0.1) is 13.0 Å². The number of carbonyl (C=O) groups excluding carboxylic acids is 1. The molecule has 6 heteroatoms. The van der Waals surface area contributed by atoms with Crippen LogP contribution in [0.1, 0.15) is 38.7 Å². The second-order valence-corrected chi connectivity index (χ2v) is 6.29. The molecule has 140 valence electrons. The number of ether oxygens (including phenoxy) is 2. The molecule has 0 fully saturated rings. The molecule has 0 heterocycles. The molecule has 0 aliphatic rings. The Labute approximate surface area is 149 Å². The highest BCUT2D eigenvalue weighted by Crippen LogP contribution is 2.11. The molecule has 2 N–H and O–H groups in total. The third kappa shape index (κ3) is 10.4. The number of rotatable bonds is 12. The number of benzene rings is 1. The fraction of sp³-hybridized carbons (Fsp3) is 0.579. The van der Waals surface area contributed by atoms with E-state index in [4.69, 9.17) is 14.6 Å². The van der Waals surface area contributed by atoms with Gasteiger partial charge in [0, 0.05) is 13.2 Å². The van der Waals surface area contributed by atoms with E-state index in [9.17, 15) is 9.59 Å². The zero-order chi connectivity index (χ0) is 18.5. The van der Waals surface area contributed by atoms with E-state index >= 15 is 0 Å². The Kier molecular flexibility index (Phi) is 10.3. The van der Waals surface area contributed by atoms with Gasteiger partial charge in [0.25, 0.3) is 0 Å². The molecule has 0 aromatic heterocycles. The number of aliphatic carboxylic acids is 1. The highest BCUT2D eigenvalue weighted by Gasteiger charge is 2.15. The van der Waals surface area contributed by atoms with Crippen LogP contribution in [0, 0.1) is 11.8 Å². The third-order valence-electron chi connectivity index (χ3n) is 3.95. The van der Waals surface area contributed by atoms with E-state index < -0.39 is 12.1 Å². The first-order valence-electron chi connectivity index (χ1n) is 8.75. The first-order valence-corrected chi connectivity index (χ1v) is 8.75. The van der Waals surface area contributed by atoms with Gasteiger partial charge in [-0.15, -0.1) is 0 Å². The van der Waals surface area contributed by atoms with Gasteiger partial charge in [0.2, 0.25) is 0 Å². The minimum Gasteiger partial charge on any atom is -0.481 e. The summed E-state index contributed by atoms with van der Waals surface area (Å²) < 4.78 is 10.7. The quantitative estimate of drug-likeness (QED) is 0.602. The van der Waals surface area contributed by atoms with Gasteiger partial charge in [-0.3, -0.25) is 4.79 Å². The molecule has 0 aliphatic heterocycles. The lowest BCUT2D eigenvalue weighted by Crippen LogP contribution is -2.28. The number of carboxylic acid groups (broad SMARTS) is 1. The average Bonchev–Trinajstić information content (AvgIpc) is 2.60. The van der Waals surface area contributed by atoms with Gasteiger partial charge in [-0.25, -0.2) is 4.79 Å². The van der Waals surface area contributed by atoms with Gasteiger partial charge in [-0.05, 0) is 23.8 Å². The summed E-state index contributed by atoms with van der Waals surface area (Å²) in [6.45, 7) is 5.77. The molecule has 0 radical (unpaired) electrons. The van der Waals surface area contributed by atoms with Gasteiger partial charge >= 0.3 is 12.1 Å². The maximum Gasteiger partial charge on any atom is 0.407 e. The molecule has 6 nitrogen and oxygen atoms in total. The average molecular weight is 351 g/mol. The predicted molar refractivity (Wildman–Crippen MR) is 95.3 cm³/mol. The van der Waals surface area contributed by atoms with Crippen LogP contribution in [0.15, 0.2) is 30.3 Å². The Bertz CT molecular complexity index is 506. The normalized spacial score (nSPS) is 13.0. The fourth-order valence-electron chi connectivity index (χ4n) is 2.20. The molecule has 2 atom stereocenters.